The maximum atomic E-state index is 11.0. The first kappa shape index (κ1) is 12.5. The van der Waals surface area contributed by atoms with Crippen molar-refractivity contribution in [3.8, 4) is 5.75 Å². The molecule has 92 valence electrons. The zero-order valence-corrected chi connectivity index (χ0v) is 11.5. The third kappa shape index (κ3) is 2.83. The molecule has 0 atom stereocenters. The summed E-state index contributed by atoms with van der Waals surface area (Å²) in [5.41, 5.74) is 2.16. The first-order valence-electron chi connectivity index (χ1n) is 6.05. The van der Waals surface area contributed by atoms with Crippen LogP contribution in [0.5, 0.6) is 5.75 Å². The van der Waals surface area contributed by atoms with E-state index < -0.39 is 0 Å². The van der Waals surface area contributed by atoms with E-state index in [0.717, 1.165) is 16.9 Å². The molecule has 0 unspecified atom stereocenters. The molecule has 1 heterocycles. The predicted molar refractivity (Wildman–Crippen MR) is 71.8 cm³/mol. The second-order valence-corrected chi connectivity index (χ2v) is 6.86. The van der Waals surface area contributed by atoms with Crippen LogP contribution in [0.2, 0.25) is 0 Å². The van der Waals surface area contributed by atoms with E-state index in [9.17, 15) is 4.79 Å². The van der Waals surface area contributed by atoms with Crippen LogP contribution in [0.15, 0.2) is 17.0 Å². The summed E-state index contributed by atoms with van der Waals surface area (Å²) in [6.07, 6.45) is 2.71. The molecule has 1 aliphatic rings. The van der Waals surface area contributed by atoms with Crippen molar-refractivity contribution >= 4 is 16.9 Å². The Morgan fingerprint density at radius 3 is 2.18 bits per heavy atom. The molecule has 1 aliphatic heterocycles. The molecule has 1 fully saturated rings. The average molecular weight is 251 g/mol. The standard InChI is InChI=1S/C14H19O2S/c1-10-8-13(17-6-4-5-7-17)9-11(2)14(10)16-12(3)15/h8-9H,4-7H2,1-3H3/q+1. The van der Waals surface area contributed by atoms with E-state index in [1.807, 2.05) is 13.8 Å². The van der Waals surface area contributed by atoms with Crippen LogP contribution in [-0.2, 0) is 15.7 Å². The van der Waals surface area contributed by atoms with Gasteiger partial charge in [-0.1, -0.05) is 0 Å². The molecule has 0 bridgehead atoms. The van der Waals surface area contributed by atoms with Gasteiger partial charge in [-0.25, -0.2) is 0 Å². The van der Waals surface area contributed by atoms with Gasteiger partial charge >= 0.3 is 5.97 Å². The minimum atomic E-state index is -0.243. The Labute approximate surface area is 106 Å². The van der Waals surface area contributed by atoms with Crippen molar-refractivity contribution in [2.24, 2.45) is 0 Å². The molecule has 0 radical (unpaired) electrons. The minimum Gasteiger partial charge on any atom is -0.426 e. The Balaban J connectivity index is 2.30. The summed E-state index contributed by atoms with van der Waals surface area (Å²) in [5, 5.41) is 0. The molecule has 17 heavy (non-hydrogen) atoms. The largest absolute Gasteiger partial charge is 0.426 e. The Hall–Kier alpha value is -0.960. The third-order valence-electron chi connectivity index (χ3n) is 3.04. The van der Waals surface area contributed by atoms with Crippen molar-refractivity contribution in [3.63, 3.8) is 0 Å². The molecule has 1 aromatic carbocycles. The maximum absolute atomic E-state index is 11.0. The van der Waals surface area contributed by atoms with Crippen LogP contribution in [0.25, 0.3) is 0 Å². The zero-order valence-electron chi connectivity index (χ0n) is 10.7. The van der Waals surface area contributed by atoms with Gasteiger partial charge in [0.2, 0.25) is 0 Å². The molecule has 3 heteroatoms. The predicted octanol–water partition coefficient (Wildman–Crippen LogP) is 3.00. The van der Waals surface area contributed by atoms with Crippen molar-refractivity contribution in [1.29, 1.82) is 0 Å². The first-order valence-corrected chi connectivity index (χ1v) is 7.61. The van der Waals surface area contributed by atoms with Gasteiger partial charge in [0.1, 0.15) is 17.3 Å². The fourth-order valence-electron chi connectivity index (χ4n) is 2.27. The fourth-order valence-corrected chi connectivity index (χ4v) is 4.74. The molecule has 1 aromatic rings. The van der Waals surface area contributed by atoms with Gasteiger partial charge in [0.15, 0.2) is 4.90 Å². The topological polar surface area (TPSA) is 26.3 Å². The highest BCUT2D eigenvalue weighted by Gasteiger charge is 2.28. The van der Waals surface area contributed by atoms with E-state index in [0.29, 0.717) is 10.9 Å². The Morgan fingerprint density at radius 1 is 1.18 bits per heavy atom. The number of carbonyl (C=O) groups is 1. The van der Waals surface area contributed by atoms with Crippen molar-refractivity contribution < 1.29 is 9.53 Å². The summed E-state index contributed by atoms with van der Waals surface area (Å²) >= 11 is 0. The second kappa shape index (κ2) is 5.13. The van der Waals surface area contributed by atoms with E-state index in [1.165, 1.54) is 36.2 Å². The van der Waals surface area contributed by atoms with Crippen LogP contribution in [0.1, 0.15) is 30.9 Å². The highest BCUT2D eigenvalue weighted by Crippen LogP contribution is 2.30. The van der Waals surface area contributed by atoms with Gasteiger partial charge in [-0.05, 0) is 49.9 Å². The summed E-state index contributed by atoms with van der Waals surface area (Å²) in [6, 6.07) is 4.39. The fraction of sp³-hybridized carbons (Fsp3) is 0.500. The van der Waals surface area contributed by atoms with Crippen LogP contribution in [-0.4, -0.2) is 17.5 Å². The number of rotatable bonds is 2. The molecule has 0 N–H and O–H groups in total. The van der Waals surface area contributed by atoms with Crippen molar-refractivity contribution in [2.45, 2.75) is 38.5 Å². The monoisotopic (exact) mass is 251 g/mol. The zero-order chi connectivity index (χ0) is 12.4. The lowest BCUT2D eigenvalue weighted by Crippen LogP contribution is -2.08. The number of esters is 1. The molecular formula is C14H19O2S+. The second-order valence-electron chi connectivity index (χ2n) is 4.59. The molecule has 0 aliphatic carbocycles. The number of aryl methyl sites for hydroxylation is 2. The molecule has 0 amide bonds. The summed E-state index contributed by atoms with van der Waals surface area (Å²) < 4.78 is 5.26. The smallest absolute Gasteiger partial charge is 0.308 e. The maximum Gasteiger partial charge on any atom is 0.308 e. The summed E-state index contributed by atoms with van der Waals surface area (Å²) in [5.74, 6) is 3.15. The van der Waals surface area contributed by atoms with Gasteiger partial charge in [-0.3, -0.25) is 4.79 Å². The molecule has 0 spiro atoms. The highest BCUT2D eigenvalue weighted by molar-refractivity contribution is 7.97. The van der Waals surface area contributed by atoms with Gasteiger partial charge in [0, 0.05) is 17.8 Å². The SMILES string of the molecule is CC(=O)Oc1c(C)cc([S+]2CCCC2)cc1C. The third-order valence-corrected chi connectivity index (χ3v) is 5.51. The van der Waals surface area contributed by atoms with E-state index in [2.05, 4.69) is 12.1 Å². The van der Waals surface area contributed by atoms with Crippen LogP contribution in [0.3, 0.4) is 0 Å². The summed E-state index contributed by atoms with van der Waals surface area (Å²) in [4.78, 5) is 12.5. The molecule has 0 aromatic heterocycles. The van der Waals surface area contributed by atoms with Crippen molar-refractivity contribution in [2.75, 3.05) is 11.5 Å². The molecule has 1 saturated heterocycles. The minimum absolute atomic E-state index is 0.243. The van der Waals surface area contributed by atoms with Crippen molar-refractivity contribution in [1.82, 2.24) is 0 Å². The van der Waals surface area contributed by atoms with Gasteiger partial charge in [-0.2, -0.15) is 0 Å². The van der Waals surface area contributed by atoms with Crippen LogP contribution >= 0.6 is 0 Å². The highest BCUT2D eigenvalue weighted by atomic mass is 32.2. The van der Waals surface area contributed by atoms with Crippen LogP contribution in [0.4, 0.5) is 0 Å². The van der Waals surface area contributed by atoms with Gasteiger partial charge in [0.05, 0.1) is 0 Å². The van der Waals surface area contributed by atoms with E-state index in [4.69, 9.17) is 4.74 Å². The number of hydrogen-bond acceptors (Lipinski definition) is 2. The number of benzene rings is 1. The Kier molecular flexibility index (Phi) is 3.77. The lowest BCUT2D eigenvalue weighted by molar-refractivity contribution is -0.131. The quantitative estimate of drug-likeness (QED) is 0.459. The molecule has 2 nitrogen and oxygen atoms in total. The van der Waals surface area contributed by atoms with Crippen LogP contribution < -0.4 is 4.74 Å². The summed E-state index contributed by atoms with van der Waals surface area (Å²) in [7, 11) is 0.427. The molecular weight excluding hydrogens is 232 g/mol. The average Bonchev–Trinajstić information content (AvgIpc) is 2.76. The lowest BCUT2D eigenvalue weighted by Gasteiger charge is -2.10. The Morgan fingerprint density at radius 2 is 1.71 bits per heavy atom. The summed E-state index contributed by atoms with van der Waals surface area (Å²) in [6.45, 7) is 5.49. The molecule has 2 rings (SSSR count). The Bertz CT molecular complexity index is 411. The van der Waals surface area contributed by atoms with Gasteiger partial charge in [0.25, 0.3) is 0 Å². The normalized spacial score (nSPS) is 16.2. The van der Waals surface area contributed by atoms with E-state index in [1.54, 1.807) is 0 Å². The van der Waals surface area contributed by atoms with Crippen LogP contribution in [0, 0.1) is 13.8 Å². The first-order chi connectivity index (χ1) is 8.08. The number of carbonyl (C=O) groups excluding carboxylic acids is 1. The lowest BCUT2D eigenvalue weighted by atomic mass is 10.1. The van der Waals surface area contributed by atoms with E-state index in [-0.39, 0.29) is 5.97 Å². The van der Waals surface area contributed by atoms with Gasteiger partial charge in [-0.15, -0.1) is 0 Å². The number of ether oxygens (including phenoxy) is 1. The van der Waals surface area contributed by atoms with E-state index >= 15 is 0 Å². The van der Waals surface area contributed by atoms with Crippen molar-refractivity contribution in [3.05, 3.63) is 23.3 Å². The molecule has 0 saturated carbocycles. The van der Waals surface area contributed by atoms with Gasteiger partial charge < -0.3 is 4.74 Å². The number of hydrogen-bond donors (Lipinski definition) is 0.